The number of H-pyrrole nitrogens is 1. The third kappa shape index (κ3) is 2.73. The average Bonchev–Trinajstić information content (AvgIpc) is 2.84. The SMILES string of the molecule is O=c1[nH]c(=O)n([C@@H]2O[C@H](CO)[C@@H](O)[C@H]2O)cc1-c1ccccc1. The number of aliphatic hydroxyl groups excluding tert-OH is 3. The highest BCUT2D eigenvalue weighted by Crippen LogP contribution is 2.28. The average molecular weight is 320 g/mol. The summed E-state index contributed by atoms with van der Waals surface area (Å²) in [6.45, 7) is -0.502. The van der Waals surface area contributed by atoms with E-state index in [1.54, 1.807) is 30.3 Å². The van der Waals surface area contributed by atoms with Crippen molar-refractivity contribution < 1.29 is 20.1 Å². The van der Waals surface area contributed by atoms with Crippen molar-refractivity contribution in [3.63, 3.8) is 0 Å². The van der Waals surface area contributed by atoms with E-state index in [4.69, 9.17) is 9.84 Å². The molecule has 1 aliphatic rings. The number of aliphatic hydroxyl groups is 3. The number of benzene rings is 1. The number of nitrogens with one attached hydrogen (secondary N) is 1. The number of hydrogen-bond donors (Lipinski definition) is 4. The van der Waals surface area contributed by atoms with Crippen LogP contribution in [0.5, 0.6) is 0 Å². The second-order valence-electron chi connectivity index (χ2n) is 5.30. The number of rotatable bonds is 3. The largest absolute Gasteiger partial charge is 0.394 e. The molecule has 0 aliphatic carbocycles. The third-order valence-electron chi connectivity index (χ3n) is 3.84. The summed E-state index contributed by atoms with van der Waals surface area (Å²) < 4.78 is 6.33. The van der Waals surface area contributed by atoms with Gasteiger partial charge in [-0.1, -0.05) is 30.3 Å². The van der Waals surface area contributed by atoms with E-state index in [1.807, 2.05) is 0 Å². The Labute approximate surface area is 130 Å². The van der Waals surface area contributed by atoms with Gasteiger partial charge in [-0.15, -0.1) is 0 Å². The van der Waals surface area contributed by atoms with Crippen LogP contribution in [0.25, 0.3) is 11.1 Å². The van der Waals surface area contributed by atoms with Crippen LogP contribution >= 0.6 is 0 Å². The van der Waals surface area contributed by atoms with E-state index in [9.17, 15) is 19.8 Å². The molecule has 23 heavy (non-hydrogen) atoms. The van der Waals surface area contributed by atoms with Gasteiger partial charge in [-0.25, -0.2) is 4.79 Å². The van der Waals surface area contributed by atoms with Gasteiger partial charge >= 0.3 is 5.69 Å². The molecule has 4 atom stereocenters. The number of ether oxygens (including phenoxy) is 1. The fourth-order valence-electron chi connectivity index (χ4n) is 2.61. The molecule has 0 saturated carbocycles. The number of aromatic amines is 1. The van der Waals surface area contributed by atoms with Crippen molar-refractivity contribution in [2.75, 3.05) is 6.61 Å². The van der Waals surface area contributed by atoms with Crippen molar-refractivity contribution in [1.29, 1.82) is 0 Å². The Balaban J connectivity index is 2.08. The Hall–Kier alpha value is -2.26. The molecule has 8 nitrogen and oxygen atoms in total. The lowest BCUT2D eigenvalue weighted by molar-refractivity contribution is -0.0549. The molecule has 1 aromatic carbocycles. The van der Waals surface area contributed by atoms with E-state index in [2.05, 4.69) is 4.98 Å². The Bertz CT molecular complexity index is 800. The molecule has 1 saturated heterocycles. The van der Waals surface area contributed by atoms with Crippen LogP contribution in [-0.2, 0) is 4.74 Å². The molecule has 0 spiro atoms. The first-order chi connectivity index (χ1) is 11.0. The molecule has 122 valence electrons. The van der Waals surface area contributed by atoms with Crippen molar-refractivity contribution in [2.24, 2.45) is 0 Å². The molecule has 2 aromatic rings. The normalized spacial score (nSPS) is 27.3. The topological polar surface area (TPSA) is 125 Å². The zero-order chi connectivity index (χ0) is 16.6. The van der Waals surface area contributed by atoms with Crippen LogP contribution in [0.2, 0.25) is 0 Å². The van der Waals surface area contributed by atoms with Gasteiger partial charge < -0.3 is 20.1 Å². The first kappa shape index (κ1) is 15.6. The monoisotopic (exact) mass is 320 g/mol. The summed E-state index contributed by atoms with van der Waals surface area (Å²) in [6, 6.07) is 8.69. The molecule has 3 rings (SSSR count). The van der Waals surface area contributed by atoms with E-state index < -0.39 is 42.4 Å². The number of aromatic nitrogens is 2. The van der Waals surface area contributed by atoms with Gasteiger partial charge in [0.1, 0.15) is 18.3 Å². The lowest BCUT2D eigenvalue weighted by atomic mass is 10.1. The van der Waals surface area contributed by atoms with Crippen molar-refractivity contribution in [3.8, 4) is 11.1 Å². The molecule has 1 fully saturated rings. The molecule has 2 heterocycles. The van der Waals surface area contributed by atoms with Crippen molar-refractivity contribution in [3.05, 3.63) is 57.4 Å². The van der Waals surface area contributed by atoms with Crippen LogP contribution in [0, 0.1) is 0 Å². The van der Waals surface area contributed by atoms with Crippen LogP contribution in [-0.4, -0.2) is 49.8 Å². The first-order valence-corrected chi connectivity index (χ1v) is 7.06. The second-order valence-corrected chi connectivity index (χ2v) is 5.30. The van der Waals surface area contributed by atoms with Crippen molar-refractivity contribution in [2.45, 2.75) is 24.5 Å². The predicted molar refractivity (Wildman–Crippen MR) is 79.8 cm³/mol. The number of nitrogens with zero attached hydrogens (tertiary/aromatic N) is 1. The highest BCUT2D eigenvalue weighted by Gasteiger charge is 2.43. The second kappa shape index (κ2) is 6.09. The molecule has 0 amide bonds. The maximum absolute atomic E-state index is 12.0. The van der Waals surface area contributed by atoms with Crippen molar-refractivity contribution in [1.82, 2.24) is 9.55 Å². The van der Waals surface area contributed by atoms with Gasteiger partial charge in [0, 0.05) is 6.20 Å². The minimum atomic E-state index is -1.40. The zero-order valence-electron chi connectivity index (χ0n) is 12.0. The molecular weight excluding hydrogens is 304 g/mol. The lowest BCUT2D eigenvalue weighted by Gasteiger charge is -2.18. The standard InChI is InChI=1S/C15H16N2O6/c18-7-10-11(19)12(20)14(23-10)17-6-9(13(21)16-15(17)22)8-4-2-1-3-5-8/h1-6,10-12,14,18-20H,7H2,(H,16,21,22)/t10-,11-,12-,14-/m1/s1. The van der Waals surface area contributed by atoms with E-state index >= 15 is 0 Å². The molecule has 8 heteroatoms. The summed E-state index contributed by atoms with van der Waals surface area (Å²) in [5.41, 5.74) is -0.522. The quantitative estimate of drug-likeness (QED) is 0.564. The zero-order valence-corrected chi connectivity index (χ0v) is 12.0. The van der Waals surface area contributed by atoms with Gasteiger partial charge in [0.15, 0.2) is 6.23 Å². The van der Waals surface area contributed by atoms with Gasteiger partial charge in [0.05, 0.1) is 12.2 Å². The van der Waals surface area contributed by atoms with Crippen LogP contribution in [0.3, 0.4) is 0 Å². The van der Waals surface area contributed by atoms with Crippen LogP contribution in [0.4, 0.5) is 0 Å². The highest BCUT2D eigenvalue weighted by atomic mass is 16.6. The van der Waals surface area contributed by atoms with Crippen LogP contribution < -0.4 is 11.2 Å². The summed E-state index contributed by atoms with van der Waals surface area (Å²) in [7, 11) is 0. The molecule has 1 aliphatic heterocycles. The Morgan fingerprint density at radius 1 is 1.13 bits per heavy atom. The fourth-order valence-corrected chi connectivity index (χ4v) is 2.61. The predicted octanol–water partition coefficient (Wildman–Crippen LogP) is -1.18. The summed E-state index contributed by atoms with van der Waals surface area (Å²) in [5, 5.41) is 29.0. The first-order valence-electron chi connectivity index (χ1n) is 7.06. The van der Waals surface area contributed by atoms with E-state index in [-0.39, 0.29) is 5.56 Å². The molecular formula is C15H16N2O6. The number of hydrogen-bond acceptors (Lipinski definition) is 6. The van der Waals surface area contributed by atoms with Gasteiger partial charge in [0.2, 0.25) is 0 Å². The lowest BCUT2D eigenvalue weighted by Crippen LogP contribution is -2.38. The van der Waals surface area contributed by atoms with E-state index in [1.165, 1.54) is 6.20 Å². The van der Waals surface area contributed by atoms with Crippen molar-refractivity contribution >= 4 is 0 Å². The molecule has 0 unspecified atom stereocenters. The summed E-state index contributed by atoms with van der Waals surface area (Å²) >= 11 is 0. The Morgan fingerprint density at radius 3 is 2.43 bits per heavy atom. The fraction of sp³-hybridized carbons (Fsp3) is 0.333. The summed E-state index contributed by atoms with van der Waals surface area (Å²) in [4.78, 5) is 26.2. The van der Waals surface area contributed by atoms with E-state index in [0.29, 0.717) is 5.56 Å². The Kier molecular flexibility index (Phi) is 4.14. The minimum absolute atomic E-state index is 0.225. The van der Waals surface area contributed by atoms with Gasteiger partial charge in [-0.3, -0.25) is 14.3 Å². The van der Waals surface area contributed by atoms with E-state index in [0.717, 1.165) is 4.57 Å². The summed E-state index contributed by atoms with van der Waals surface area (Å²) in [5.74, 6) is 0. The maximum Gasteiger partial charge on any atom is 0.330 e. The highest BCUT2D eigenvalue weighted by molar-refractivity contribution is 5.60. The van der Waals surface area contributed by atoms with Crippen LogP contribution in [0.1, 0.15) is 6.23 Å². The maximum atomic E-state index is 12.0. The minimum Gasteiger partial charge on any atom is -0.394 e. The Morgan fingerprint density at radius 2 is 1.83 bits per heavy atom. The van der Waals surface area contributed by atoms with Gasteiger partial charge in [-0.2, -0.15) is 0 Å². The molecule has 1 aromatic heterocycles. The van der Waals surface area contributed by atoms with Crippen LogP contribution in [0.15, 0.2) is 46.1 Å². The third-order valence-corrected chi connectivity index (χ3v) is 3.84. The molecule has 0 bridgehead atoms. The molecule has 0 radical (unpaired) electrons. The van der Waals surface area contributed by atoms with Gasteiger partial charge in [0.25, 0.3) is 5.56 Å². The molecule has 4 N–H and O–H groups in total. The smallest absolute Gasteiger partial charge is 0.330 e. The van der Waals surface area contributed by atoms with Gasteiger partial charge in [-0.05, 0) is 5.56 Å². The summed E-state index contributed by atoms with van der Waals surface area (Å²) in [6.07, 6.45) is -3.66.